The van der Waals surface area contributed by atoms with E-state index in [1.165, 1.54) is 19.1 Å². The van der Waals surface area contributed by atoms with Gasteiger partial charge in [0.2, 0.25) is 5.78 Å². The van der Waals surface area contributed by atoms with Crippen LogP contribution in [0.15, 0.2) is 23.8 Å². The van der Waals surface area contributed by atoms with Crippen molar-refractivity contribution in [2.45, 2.75) is 115 Å². The summed E-state index contributed by atoms with van der Waals surface area (Å²) >= 11 is 0. The molecule has 8 unspecified atom stereocenters. The number of hydrogen-bond donors (Lipinski definition) is 2. The average molecular weight is 568 g/mol. The van der Waals surface area contributed by atoms with E-state index in [1.54, 1.807) is 6.92 Å². The lowest BCUT2D eigenvalue weighted by molar-refractivity contribution is -0.234. The van der Waals surface area contributed by atoms with E-state index >= 15 is 8.78 Å². The minimum Gasteiger partial charge on any atom is -0.460 e. The standard InChI is InChI=1S/C26H32F2O7.C4H11N/c1-4-5-22-34-21-10-15-16-9-18(27)17-8-14(30)6-7-23(17,2)25(16,28)19(31)11-24(15,3)26(21,35-22)20(32)12-33-13-29;1-4(2,3)5/h6-8,13,15-16,18-19,21-22,31H,4-5,9-12H2,1-3H3;5H2,1-3H3/t15?,16?,18-,19?,21?,22?,23?,24?,25-,26?;/m0./s1. The number of aliphatic hydroxyl groups excluding tert-OH is 1. The molecule has 0 radical (unpaired) electrons. The van der Waals surface area contributed by atoms with Crippen molar-refractivity contribution < 1.29 is 42.5 Å². The van der Waals surface area contributed by atoms with Gasteiger partial charge < -0.3 is 25.1 Å². The molecule has 1 aliphatic heterocycles. The fourth-order valence-electron chi connectivity index (χ4n) is 8.10. The van der Waals surface area contributed by atoms with Crippen molar-refractivity contribution in [1.82, 2.24) is 0 Å². The van der Waals surface area contributed by atoms with E-state index in [0.717, 1.165) is 12.5 Å². The lowest BCUT2D eigenvalue weighted by Gasteiger charge is -2.63. The van der Waals surface area contributed by atoms with Gasteiger partial charge in [0.05, 0.1) is 12.2 Å². The van der Waals surface area contributed by atoms with Gasteiger partial charge in [0, 0.05) is 22.3 Å². The molecule has 3 N–H and O–H groups in total. The molecule has 0 aromatic carbocycles. The number of allylic oxidation sites excluding steroid dienone is 4. The number of alkyl halides is 2. The Morgan fingerprint density at radius 3 is 2.52 bits per heavy atom. The minimum atomic E-state index is -2.26. The Balaban J connectivity index is 0.000000681. The van der Waals surface area contributed by atoms with Crippen LogP contribution < -0.4 is 5.73 Å². The zero-order valence-electron chi connectivity index (χ0n) is 24.2. The van der Waals surface area contributed by atoms with Crippen molar-refractivity contribution in [3.05, 3.63) is 23.8 Å². The van der Waals surface area contributed by atoms with E-state index in [9.17, 15) is 19.5 Å². The van der Waals surface area contributed by atoms with Crippen molar-refractivity contribution in [1.29, 1.82) is 0 Å². The van der Waals surface area contributed by atoms with Crippen LogP contribution in [0.25, 0.3) is 0 Å². The molecule has 224 valence electrons. The number of ether oxygens (including phenoxy) is 3. The second-order valence-electron chi connectivity index (χ2n) is 13.5. The van der Waals surface area contributed by atoms with E-state index in [1.807, 2.05) is 27.7 Å². The lowest BCUT2D eigenvalue weighted by Crippen LogP contribution is -2.71. The van der Waals surface area contributed by atoms with Crippen molar-refractivity contribution in [3.8, 4) is 0 Å². The summed E-state index contributed by atoms with van der Waals surface area (Å²) in [6.07, 6.45) is 0.413. The quantitative estimate of drug-likeness (QED) is 0.466. The van der Waals surface area contributed by atoms with Crippen LogP contribution in [0.4, 0.5) is 8.78 Å². The van der Waals surface area contributed by atoms with Crippen LogP contribution in [0.5, 0.6) is 0 Å². The van der Waals surface area contributed by atoms with Crippen LogP contribution in [0.1, 0.15) is 73.6 Å². The molecule has 4 fully saturated rings. The molecule has 3 saturated carbocycles. The highest BCUT2D eigenvalue weighted by Crippen LogP contribution is 2.72. The topological polar surface area (TPSA) is 125 Å². The number of carbonyl (C=O) groups excluding carboxylic acids is 3. The Hall–Kier alpha value is -2.01. The molecule has 0 aromatic heterocycles. The molecule has 0 bridgehead atoms. The highest BCUT2D eigenvalue weighted by Gasteiger charge is 2.80. The molecule has 8 nitrogen and oxygen atoms in total. The molecule has 0 aromatic rings. The van der Waals surface area contributed by atoms with Crippen LogP contribution in [-0.4, -0.2) is 71.2 Å². The first-order chi connectivity index (χ1) is 18.5. The molecule has 0 amide bonds. The molecule has 5 aliphatic rings. The van der Waals surface area contributed by atoms with Gasteiger partial charge in [-0.2, -0.15) is 0 Å². The van der Waals surface area contributed by atoms with E-state index in [4.69, 9.17) is 19.9 Å². The van der Waals surface area contributed by atoms with Crippen molar-refractivity contribution in [2.24, 2.45) is 28.4 Å². The van der Waals surface area contributed by atoms with E-state index in [-0.39, 0.29) is 36.8 Å². The summed E-state index contributed by atoms with van der Waals surface area (Å²) < 4.78 is 50.1. The number of hydrogen-bond acceptors (Lipinski definition) is 8. The van der Waals surface area contributed by atoms with Crippen molar-refractivity contribution >= 4 is 18.0 Å². The van der Waals surface area contributed by atoms with Gasteiger partial charge >= 0.3 is 0 Å². The Bertz CT molecular complexity index is 1100. The Morgan fingerprint density at radius 2 is 1.93 bits per heavy atom. The number of nitrogens with two attached hydrogens (primary N) is 1. The Kier molecular flexibility index (Phi) is 8.02. The van der Waals surface area contributed by atoms with Gasteiger partial charge in [0.25, 0.3) is 6.47 Å². The predicted molar refractivity (Wildman–Crippen MR) is 142 cm³/mol. The second-order valence-corrected chi connectivity index (χ2v) is 13.5. The molecule has 10 heteroatoms. The van der Waals surface area contributed by atoms with Gasteiger partial charge in [-0.05, 0) is 77.0 Å². The second kappa shape index (κ2) is 10.4. The molecular weight excluding hydrogens is 524 g/mol. The predicted octanol–water partition coefficient (Wildman–Crippen LogP) is 3.68. The van der Waals surface area contributed by atoms with Gasteiger partial charge in [-0.25, -0.2) is 8.78 Å². The summed E-state index contributed by atoms with van der Waals surface area (Å²) in [5.74, 6) is -2.41. The highest BCUT2D eigenvalue weighted by atomic mass is 19.1. The maximum absolute atomic E-state index is 17.3. The summed E-state index contributed by atoms with van der Waals surface area (Å²) in [7, 11) is 0. The summed E-state index contributed by atoms with van der Waals surface area (Å²) in [5, 5.41) is 11.5. The summed E-state index contributed by atoms with van der Waals surface area (Å²) in [4.78, 5) is 36.4. The number of Topliss-reactive ketones (excluding diaryl/α,β-unsaturated/α-hetero) is 1. The maximum Gasteiger partial charge on any atom is 0.293 e. The lowest BCUT2D eigenvalue weighted by atomic mass is 9.44. The molecule has 4 aliphatic carbocycles. The van der Waals surface area contributed by atoms with Crippen molar-refractivity contribution in [2.75, 3.05) is 6.61 Å². The van der Waals surface area contributed by atoms with Crippen LogP contribution in [0.2, 0.25) is 0 Å². The Labute approximate surface area is 234 Å². The number of rotatable bonds is 6. The van der Waals surface area contributed by atoms with Gasteiger partial charge in [0.1, 0.15) is 6.17 Å². The van der Waals surface area contributed by atoms with E-state index in [0.29, 0.717) is 6.42 Å². The van der Waals surface area contributed by atoms with E-state index < -0.39 is 76.8 Å². The van der Waals surface area contributed by atoms with Gasteiger partial charge in [-0.15, -0.1) is 0 Å². The molecule has 10 atom stereocenters. The number of ketones is 2. The Morgan fingerprint density at radius 1 is 1.27 bits per heavy atom. The van der Waals surface area contributed by atoms with Gasteiger partial charge in [-0.3, -0.25) is 14.4 Å². The smallest absolute Gasteiger partial charge is 0.293 e. The minimum absolute atomic E-state index is 0. The molecule has 40 heavy (non-hydrogen) atoms. The first-order valence-electron chi connectivity index (χ1n) is 14.2. The zero-order valence-corrected chi connectivity index (χ0v) is 24.2. The summed E-state index contributed by atoms with van der Waals surface area (Å²) in [6.45, 7) is 10.8. The third-order valence-electron chi connectivity index (χ3n) is 9.64. The van der Waals surface area contributed by atoms with E-state index in [2.05, 4.69) is 0 Å². The number of carbonyl (C=O) groups is 3. The van der Waals surface area contributed by atoms with Crippen LogP contribution in [0.3, 0.4) is 0 Å². The molecule has 5 rings (SSSR count). The summed E-state index contributed by atoms with van der Waals surface area (Å²) in [5.41, 5.74) is -1.00. The number of halogens is 2. The third kappa shape index (κ3) is 4.50. The maximum atomic E-state index is 17.3. The monoisotopic (exact) mass is 567 g/mol. The highest BCUT2D eigenvalue weighted by molar-refractivity contribution is 6.01. The molecule has 0 spiro atoms. The number of fused-ring (bicyclic) bond motifs is 7. The molecule has 1 saturated heterocycles. The summed E-state index contributed by atoms with van der Waals surface area (Å²) in [6, 6.07) is 0. The SMILES string of the molecule is CC(C)(C)N.CCCC1OC2CC3C4C[C@H](F)C5=CC(=O)C=CC5(C)[C@@]4(F)C(O)CC3(C)C2(C(=O)COC=O)O1. The molecular formula is C30H43F2NO7. The first-order valence-corrected chi connectivity index (χ1v) is 14.2. The average Bonchev–Trinajstić information content (AvgIpc) is 3.32. The largest absolute Gasteiger partial charge is 0.460 e. The van der Waals surface area contributed by atoms with Crippen LogP contribution in [0, 0.1) is 22.7 Å². The zero-order chi connectivity index (χ0) is 29.9. The fourth-order valence-corrected chi connectivity index (χ4v) is 8.10. The molecule has 1 heterocycles. The third-order valence-corrected chi connectivity index (χ3v) is 9.64. The van der Waals surface area contributed by atoms with Crippen LogP contribution in [-0.2, 0) is 28.6 Å². The van der Waals surface area contributed by atoms with Crippen molar-refractivity contribution in [3.63, 3.8) is 0 Å². The van der Waals surface area contributed by atoms with Gasteiger partial charge in [-0.1, -0.05) is 26.3 Å². The normalized spacial score (nSPS) is 45.2. The van der Waals surface area contributed by atoms with Crippen LogP contribution >= 0.6 is 0 Å². The fraction of sp³-hybridized carbons (Fsp3) is 0.767. The first kappa shape index (κ1) is 30.9. The number of aliphatic hydroxyl groups is 1. The van der Waals surface area contributed by atoms with Gasteiger partial charge in [0.15, 0.2) is 29.9 Å².